The number of rotatable bonds is 1. The molecule has 0 saturated heterocycles. The lowest BCUT2D eigenvalue weighted by molar-refractivity contribution is -0.137. The molecule has 7 heteroatoms. The molecule has 0 spiro atoms. The summed E-state index contributed by atoms with van der Waals surface area (Å²) in [4.78, 5) is 0. The maximum atomic E-state index is 12.5. The molecule has 1 aromatic carbocycles. The maximum Gasteiger partial charge on any atom is 0.416 e. The minimum Gasteiger partial charge on any atom is -0.421 e. The zero-order chi connectivity index (χ0) is 12.6. The van der Waals surface area contributed by atoms with Gasteiger partial charge in [-0.2, -0.15) is 13.2 Å². The monoisotopic (exact) mass is 306 g/mol. The Hall–Kier alpha value is -1.37. The fraction of sp³-hybridized carbons (Fsp3) is 0.200. The number of hydrogen-bond donors (Lipinski definition) is 0. The van der Waals surface area contributed by atoms with Crippen LogP contribution in [0.1, 0.15) is 11.5 Å². The Labute approximate surface area is 103 Å². The summed E-state index contributed by atoms with van der Waals surface area (Å²) < 4.78 is 43.2. The Bertz CT molecular complexity index is 551. The van der Waals surface area contributed by atoms with Crippen molar-refractivity contribution >= 4 is 15.9 Å². The van der Waals surface area contributed by atoms with Crippen LogP contribution in [0.15, 0.2) is 27.1 Å². The van der Waals surface area contributed by atoms with E-state index >= 15 is 0 Å². The summed E-state index contributed by atoms with van der Waals surface area (Å²) in [5.41, 5.74) is -0.535. The molecular weight excluding hydrogens is 301 g/mol. The van der Waals surface area contributed by atoms with Crippen molar-refractivity contribution in [3.8, 4) is 11.5 Å². The molecule has 0 saturated carbocycles. The molecule has 17 heavy (non-hydrogen) atoms. The minimum absolute atomic E-state index is 0.0560. The fourth-order valence-corrected chi connectivity index (χ4v) is 1.69. The summed E-state index contributed by atoms with van der Waals surface area (Å²) in [7, 11) is 0. The molecular formula is C10H6BrF3N2O. The molecule has 0 unspecified atom stereocenters. The molecule has 0 aliphatic carbocycles. The quantitative estimate of drug-likeness (QED) is 0.804. The largest absolute Gasteiger partial charge is 0.421 e. The van der Waals surface area contributed by atoms with Gasteiger partial charge in [-0.1, -0.05) is 0 Å². The number of benzene rings is 1. The van der Waals surface area contributed by atoms with Gasteiger partial charge in [-0.25, -0.2) is 0 Å². The highest BCUT2D eigenvalue weighted by atomic mass is 79.9. The molecule has 0 amide bonds. The van der Waals surface area contributed by atoms with Crippen LogP contribution in [-0.2, 0) is 6.18 Å². The topological polar surface area (TPSA) is 38.9 Å². The number of aryl methyl sites for hydroxylation is 1. The van der Waals surface area contributed by atoms with Gasteiger partial charge in [0, 0.05) is 11.4 Å². The van der Waals surface area contributed by atoms with E-state index in [-0.39, 0.29) is 11.5 Å². The van der Waals surface area contributed by atoms with Gasteiger partial charge in [0.25, 0.3) is 0 Å². The van der Waals surface area contributed by atoms with Gasteiger partial charge in [0.2, 0.25) is 11.8 Å². The van der Waals surface area contributed by atoms with Gasteiger partial charge in [0.05, 0.1) is 11.1 Å². The lowest BCUT2D eigenvalue weighted by Gasteiger charge is -2.08. The molecule has 0 bridgehead atoms. The van der Waals surface area contributed by atoms with Crippen LogP contribution in [0, 0.1) is 6.92 Å². The van der Waals surface area contributed by atoms with Crippen LogP contribution in [0.5, 0.6) is 0 Å². The molecule has 0 radical (unpaired) electrons. The third-order valence-electron chi connectivity index (χ3n) is 2.05. The van der Waals surface area contributed by atoms with E-state index in [0.29, 0.717) is 10.4 Å². The smallest absolute Gasteiger partial charge is 0.416 e. The van der Waals surface area contributed by atoms with E-state index in [1.807, 2.05) is 0 Å². The van der Waals surface area contributed by atoms with Crippen molar-refractivity contribution in [2.24, 2.45) is 0 Å². The summed E-state index contributed by atoms with van der Waals surface area (Å²) >= 11 is 3.15. The Morgan fingerprint density at radius 2 is 1.94 bits per heavy atom. The Morgan fingerprint density at radius 1 is 1.24 bits per heavy atom. The van der Waals surface area contributed by atoms with Crippen LogP contribution >= 0.6 is 15.9 Å². The van der Waals surface area contributed by atoms with Crippen LogP contribution in [0.25, 0.3) is 11.5 Å². The molecule has 0 atom stereocenters. The Balaban J connectivity index is 2.54. The van der Waals surface area contributed by atoms with Crippen molar-refractivity contribution in [1.82, 2.24) is 10.2 Å². The molecule has 90 valence electrons. The fourth-order valence-electron chi connectivity index (χ4n) is 1.27. The molecule has 1 heterocycles. The van der Waals surface area contributed by atoms with E-state index in [2.05, 4.69) is 26.1 Å². The standard InChI is InChI=1S/C10H6BrF3N2O/c1-5-15-16-9(17-5)7-4-6(10(12,13)14)2-3-8(7)11/h2-4H,1H3. The Kier molecular flexibility index (Phi) is 2.94. The second-order valence-electron chi connectivity index (χ2n) is 3.32. The molecule has 0 aliphatic heterocycles. The SMILES string of the molecule is Cc1nnc(-c2cc(C(F)(F)F)ccc2Br)o1. The van der Waals surface area contributed by atoms with Gasteiger partial charge in [-0.3, -0.25) is 0 Å². The van der Waals surface area contributed by atoms with Gasteiger partial charge in [-0.05, 0) is 34.1 Å². The van der Waals surface area contributed by atoms with E-state index in [1.54, 1.807) is 6.92 Å². The van der Waals surface area contributed by atoms with Crippen molar-refractivity contribution in [2.75, 3.05) is 0 Å². The van der Waals surface area contributed by atoms with Gasteiger partial charge in [0.1, 0.15) is 0 Å². The molecule has 0 N–H and O–H groups in total. The van der Waals surface area contributed by atoms with E-state index in [9.17, 15) is 13.2 Å². The second kappa shape index (κ2) is 4.14. The van der Waals surface area contributed by atoms with Crippen molar-refractivity contribution in [1.29, 1.82) is 0 Å². The van der Waals surface area contributed by atoms with E-state index in [0.717, 1.165) is 12.1 Å². The first kappa shape index (κ1) is 12.1. The zero-order valence-electron chi connectivity index (χ0n) is 8.55. The van der Waals surface area contributed by atoms with Gasteiger partial charge in [-0.15, -0.1) is 10.2 Å². The highest BCUT2D eigenvalue weighted by Gasteiger charge is 2.31. The van der Waals surface area contributed by atoms with E-state index in [4.69, 9.17) is 4.42 Å². The first-order chi connectivity index (χ1) is 7.88. The van der Waals surface area contributed by atoms with Crippen LogP contribution in [0.4, 0.5) is 13.2 Å². The molecule has 2 aromatic rings. The van der Waals surface area contributed by atoms with Gasteiger partial charge < -0.3 is 4.42 Å². The van der Waals surface area contributed by atoms with Crippen LogP contribution in [0.3, 0.4) is 0 Å². The zero-order valence-corrected chi connectivity index (χ0v) is 10.1. The van der Waals surface area contributed by atoms with Crippen molar-refractivity contribution in [2.45, 2.75) is 13.1 Å². The third-order valence-corrected chi connectivity index (χ3v) is 2.74. The van der Waals surface area contributed by atoms with Crippen LogP contribution in [-0.4, -0.2) is 10.2 Å². The number of halogens is 4. The van der Waals surface area contributed by atoms with Crippen LogP contribution in [0.2, 0.25) is 0 Å². The highest BCUT2D eigenvalue weighted by Crippen LogP contribution is 2.35. The predicted octanol–water partition coefficient (Wildman–Crippen LogP) is 3.83. The number of hydrogen-bond acceptors (Lipinski definition) is 3. The van der Waals surface area contributed by atoms with Crippen molar-refractivity contribution in [3.05, 3.63) is 34.1 Å². The summed E-state index contributed by atoms with van der Waals surface area (Å²) in [6.45, 7) is 1.57. The molecule has 0 fully saturated rings. The van der Waals surface area contributed by atoms with Crippen LogP contribution < -0.4 is 0 Å². The van der Waals surface area contributed by atoms with Gasteiger partial charge >= 0.3 is 6.18 Å². The first-order valence-corrected chi connectivity index (χ1v) is 5.34. The van der Waals surface area contributed by atoms with Gasteiger partial charge in [0.15, 0.2) is 0 Å². The molecule has 3 nitrogen and oxygen atoms in total. The number of aromatic nitrogens is 2. The number of nitrogens with zero attached hydrogens (tertiary/aromatic N) is 2. The van der Waals surface area contributed by atoms with Crippen molar-refractivity contribution < 1.29 is 17.6 Å². The third kappa shape index (κ3) is 2.49. The lowest BCUT2D eigenvalue weighted by Crippen LogP contribution is -2.04. The lowest BCUT2D eigenvalue weighted by atomic mass is 10.1. The molecule has 0 aliphatic rings. The van der Waals surface area contributed by atoms with E-state index < -0.39 is 11.7 Å². The van der Waals surface area contributed by atoms with Crippen molar-refractivity contribution in [3.63, 3.8) is 0 Å². The summed E-state index contributed by atoms with van der Waals surface area (Å²) in [6, 6.07) is 3.26. The number of alkyl halides is 3. The van der Waals surface area contributed by atoms with E-state index in [1.165, 1.54) is 6.07 Å². The highest BCUT2D eigenvalue weighted by molar-refractivity contribution is 9.10. The Morgan fingerprint density at radius 3 is 2.47 bits per heavy atom. The maximum absolute atomic E-state index is 12.5. The normalized spacial score (nSPS) is 11.8. The average molecular weight is 307 g/mol. The minimum atomic E-state index is -4.40. The predicted molar refractivity (Wildman–Crippen MR) is 57.2 cm³/mol. The summed E-state index contributed by atoms with van der Waals surface area (Å²) in [5.74, 6) is 0.352. The summed E-state index contributed by atoms with van der Waals surface area (Å²) in [6.07, 6.45) is -4.40. The average Bonchev–Trinajstić information content (AvgIpc) is 2.63. The first-order valence-electron chi connectivity index (χ1n) is 4.55. The summed E-state index contributed by atoms with van der Waals surface area (Å²) in [5, 5.41) is 7.26. The molecule has 2 rings (SSSR count). The molecule has 1 aromatic heterocycles. The second-order valence-corrected chi connectivity index (χ2v) is 4.17.